The molecule has 2 aromatic rings. The highest BCUT2D eigenvalue weighted by atomic mass is 16.5. The summed E-state index contributed by atoms with van der Waals surface area (Å²) in [6, 6.07) is 10.4. The smallest absolute Gasteiger partial charge is 0.225 e. The third-order valence-corrected chi connectivity index (χ3v) is 6.63. The molecule has 1 N–H and O–H groups in total. The minimum Gasteiger partial charge on any atom is -0.379 e. The first-order valence-electron chi connectivity index (χ1n) is 11.2. The number of rotatable bonds is 5. The molecular formula is C23H30N6O2. The van der Waals surface area contributed by atoms with Gasteiger partial charge in [-0.05, 0) is 24.1 Å². The maximum absolute atomic E-state index is 13.3. The van der Waals surface area contributed by atoms with E-state index in [1.807, 2.05) is 6.07 Å². The van der Waals surface area contributed by atoms with E-state index in [0.717, 1.165) is 64.9 Å². The molecule has 8 heteroatoms. The number of carbonyl (C=O) groups is 1. The summed E-state index contributed by atoms with van der Waals surface area (Å²) < 4.78 is 5.41. The Kier molecular flexibility index (Phi) is 5.99. The van der Waals surface area contributed by atoms with Gasteiger partial charge in [0.2, 0.25) is 11.9 Å². The summed E-state index contributed by atoms with van der Waals surface area (Å²) in [5.41, 5.74) is 2.52. The van der Waals surface area contributed by atoms with E-state index in [9.17, 15) is 4.79 Å². The molecule has 0 spiro atoms. The highest BCUT2D eigenvalue weighted by molar-refractivity contribution is 5.82. The number of nitrogens with zero attached hydrogens (tertiary/aromatic N) is 5. The van der Waals surface area contributed by atoms with Crippen LogP contribution in [0.15, 0.2) is 42.7 Å². The summed E-state index contributed by atoms with van der Waals surface area (Å²) in [4.78, 5) is 29.2. The van der Waals surface area contributed by atoms with Gasteiger partial charge in [0.1, 0.15) is 0 Å². The van der Waals surface area contributed by atoms with Crippen molar-refractivity contribution in [1.82, 2.24) is 20.2 Å². The molecule has 3 aliphatic rings. The number of anilines is 2. The van der Waals surface area contributed by atoms with Gasteiger partial charge in [0.15, 0.2) is 0 Å². The van der Waals surface area contributed by atoms with E-state index in [4.69, 9.17) is 4.74 Å². The second kappa shape index (κ2) is 9.20. The monoisotopic (exact) mass is 422 g/mol. The van der Waals surface area contributed by atoms with E-state index in [0.29, 0.717) is 6.54 Å². The summed E-state index contributed by atoms with van der Waals surface area (Å²) in [5.74, 6) is 0.798. The van der Waals surface area contributed by atoms with E-state index in [1.165, 1.54) is 11.3 Å². The van der Waals surface area contributed by atoms with Crippen LogP contribution in [0, 0.1) is 5.92 Å². The number of piperazine rings is 1. The third kappa shape index (κ3) is 4.36. The van der Waals surface area contributed by atoms with Gasteiger partial charge in [0.05, 0.1) is 25.2 Å². The highest BCUT2D eigenvalue weighted by Crippen LogP contribution is 2.36. The predicted molar refractivity (Wildman–Crippen MR) is 119 cm³/mol. The maximum atomic E-state index is 13.3. The van der Waals surface area contributed by atoms with Gasteiger partial charge >= 0.3 is 0 Å². The predicted octanol–water partition coefficient (Wildman–Crippen LogP) is 0.793. The van der Waals surface area contributed by atoms with E-state index >= 15 is 0 Å². The zero-order chi connectivity index (χ0) is 21.0. The lowest BCUT2D eigenvalue weighted by Crippen LogP contribution is -2.61. The molecule has 0 unspecified atom stereocenters. The van der Waals surface area contributed by atoms with Gasteiger partial charge in [0, 0.05) is 63.9 Å². The molecule has 0 saturated carbocycles. The Balaban J connectivity index is 1.30. The van der Waals surface area contributed by atoms with Crippen LogP contribution in [0.4, 0.5) is 11.6 Å². The first-order chi connectivity index (χ1) is 15.3. The van der Waals surface area contributed by atoms with Crippen LogP contribution in [-0.4, -0.2) is 85.8 Å². The minimum atomic E-state index is -0.0916. The average Bonchev–Trinajstić information content (AvgIpc) is 2.84. The molecule has 1 aromatic carbocycles. The van der Waals surface area contributed by atoms with Gasteiger partial charge in [-0.15, -0.1) is 0 Å². The fraction of sp³-hybridized carbons (Fsp3) is 0.522. The zero-order valence-electron chi connectivity index (χ0n) is 17.8. The Labute approximate surface area is 183 Å². The second-order valence-electron chi connectivity index (χ2n) is 8.44. The molecule has 1 amide bonds. The van der Waals surface area contributed by atoms with Crippen LogP contribution in [0.5, 0.6) is 0 Å². The molecule has 1 aromatic heterocycles. The number of hydrogen-bond donors (Lipinski definition) is 1. The van der Waals surface area contributed by atoms with Crippen LogP contribution < -0.4 is 15.1 Å². The number of aromatic nitrogens is 2. The van der Waals surface area contributed by atoms with Crippen LogP contribution in [-0.2, 0) is 16.0 Å². The molecule has 2 fully saturated rings. The van der Waals surface area contributed by atoms with Crippen LogP contribution >= 0.6 is 0 Å². The summed E-state index contributed by atoms with van der Waals surface area (Å²) in [6.45, 7) is 7.44. The van der Waals surface area contributed by atoms with Gasteiger partial charge in [0.25, 0.3) is 0 Å². The molecule has 164 valence electrons. The van der Waals surface area contributed by atoms with Crippen molar-refractivity contribution >= 4 is 17.5 Å². The van der Waals surface area contributed by atoms with Crippen molar-refractivity contribution in [1.29, 1.82) is 0 Å². The van der Waals surface area contributed by atoms with E-state index in [1.54, 1.807) is 12.4 Å². The second-order valence-corrected chi connectivity index (χ2v) is 8.44. The number of para-hydroxylation sites is 1. The molecule has 4 heterocycles. The number of benzene rings is 1. The Morgan fingerprint density at radius 1 is 1.06 bits per heavy atom. The molecule has 0 radical (unpaired) electrons. The summed E-state index contributed by atoms with van der Waals surface area (Å²) in [7, 11) is 0. The lowest BCUT2D eigenvalue weighted by atomic mass is 9.83. The molecule has 8 nitrogen and oxygen atoms in total. The highest BCUT2D eigenvalue weighted by Gasteiger charge is 2.41. The Morgan fingerprint density at radius 2 is 1.87 bits per heavy atom. The number of hydrogen-bond acceptors (Lipinski definition) is 7. The van der Waals surface area contributed by atoms with Crippen molar-refractivity contribution in [3.05, 3.63) is 48.3 Å². The largest absolute Gasteiger partial charge is 0.379 e. The van der Waals surface area contributed by atoms with Gasteiger partial charge in [-0.1, -0.05) is 18.2 Å². The van der Waals surface area contributed by atoms with Crippen molar-refractivity contribution in [2.45, 2.75) is 12.5 Å². The molecule has 2 saturated heterocycles. The van der Waals surface area contributed by atoms with Gasteiger partial charge in [-0.3, -0.25) is 9.69 Å². The van der Waals surface area contributed by atoms with Crippen molar-refractivity contribution < 1.29 is 9.53 Å². The molecule has 31 heavy (non-hydrogen) atoms. The third-order valence-electron chi connectivity index (χ3n) is 6.63. The summed E-state index contributed by atoms with van der Waals surface area (Å²) in [6.07, 6.45) is 4.33. The molecule has 0 bridgehead atoms. The number of carbonyl (C=O) groups excluding carboxylic acids is 1. The average molecular weight is 423 g/mol. The van der Waals surface area contributed by atoms with Gasteiger partial charge in [-0.25, -0.2) is 9.97 Å². The van der Waals surface area contributed by atoms with Crippen molar-refractivity contribution in [3.8, 4) is 0 Å². The van der Waals surface area contributed by atoms with E-state index in [-0.39, 0.29) is 17.9 Å². The summed E-state index contributed by atoms with van der Waals surface area (Å²) in [5, 5.41) is 3.22. The number of fused-ring (bicyclic) bond motifs is 3. The fourth-order valence-electron chi connectivity index (χ4n) is 4.99. The van der Waals surface area contributed by atoms with Gasteiger partial charge < -0.3 is 19.9 Å². The van der Waals surface area contributed by atoms with Crippen molar-refractivity contribution in [2.24, 2.45) is 5.92 Å². The quantitative estimate of drug-likeness (QED) is 0.764. The lowest BCUT2D eigenvalue weighted by molar-refractivity contribution is -0.125. The van der Waals surface area contributed by atoms with E-state index in [2.05, 4.69) is 54.2 Å². The van der Waals surface area contributed by atoms with E-state index < -0.39 is 0 Å². The number of ether oxygens (including phenoxy) is 1. The normalized spacial score (nSPS) is 23.7. The van der Waals surface area contributed by atoms with Crippen LogP contribution in [0.25, 0.3) is 0 Å². The standard InChI is InChI=1S/C23H30N6O2/c30-22(24-8-9-27-12-14-31-15-13-27)19-16-18-4-1-2-5-20(18)29-11-10-28(17-21(19)29)23-25-6-3-7-26-23/h1-7,19,21H,8-17H2,(H,24,30)/t19-,21-/m0/s1. The molecule has 0 aliphatic carbocycles. The number of nitrogens with one attached hydrogen (secondary N) is 1. The minimum absolute atomic E-state index is 0.0916. The number of morpholine rings is 1. The SMILES string of the molecule is O=C(NCCN1CCOCC1)[C@H]1Cc2ccccc2N2CCN(c3ncccn3)C[C@@H]12. The first kappa shape index (κ1) is 20.2. The zero-order valence-corrected chi connectivity index (χ0v) is 17.8. The topological polar surface area (TPSA) is 73.8 Å². The first-order valence-corrected chi connectivity index (χ1v) is 11.2. The van der Waals surface area contributed by atoms with Crippen molar-refractivity contribution in [2.75, 3.05) is 68.8 Å². The van der Waals surface area contributed by atoms with Crippen molar-refractivity contribution in [3.63, 3.8) is 0 Å². The Bertz CT molecular complexity index is 889. The Morgan fingerprint density at radius 3 is 2.71 bits per heavy atom. The molecule has 2 atom stereocenters. The van der Waals surface area contributed by atoms with Crippen LogP contribution in [0.2, 0.25) is 0 Å². The molecule has 3 aliphatic heterocycles. The van der Waals surface area contributed by atoms with Crippen LogP contribution in [0.3, 0.4) is 0 Å². The number of amides is 1. The van der Waals surface area contributed by atoms with Gasteiger partial charge in [-0.2, -0.15) is 0 Å². The Hall–Kier alpha value is -2.71. The fourth-order valence-corrected chi connectivity index (χ4v) is 4.99. The summed E-state index contributed by atoms with van der Waals surface area (Å²) >= 11 is 0. The van der Waals surface area contributed by atoms with Crippen LogP contribution in [0.1, 0.15) is 5.56 Å². The molecular weight excluding hydrogens is 392 g/mol. The maximum Gasteiger partial charge on any atom is 0.225 e. The lowest BCUT2D eigenvalue weighted by Gasteiger charge is -2.49. The molecule has 5 rings (SSSR count).